The first-order chi connectivity index (χ1) is 9.88. The van der Waals surface area contributed by atoms with Crippen LogP contribution in [0.1, 0.15) is 21.5 Å². The molecule has 0 aliphatic carbocycles. The first-order valence-corrected chi connectivity index (χ1v) is 7.16. The molecule has 2 rings (SSSR count). The molecule has 0 aromatic heterocycles. The van der Waals surface area contributed by atoms with E-state index in [4.69, 9.17) is 0 Å². The molecule has 5 heteroatoms. The highest BCUT2D eigenvalue weighted by atomic mass is 32.2. The van der Waals surface area contributed by atoms with Crippen molar-refractivity contribution in [1.29, 1.82) is 0 Å². The van der Waals surface area contributed by atoms with Crippen LogP contribution in [0.25, 0.3) is 11.1 Å². The van der Waals surface area contributed by atoms with Crippen LogP contribution in [0.2, 0.25) is 0 Å². The standard InChI is InChI=1S/C16H14F2O2S/c1-9-7-10(2)14(15(19)20)8-13(9)11-3-5-12(6-4-11)21-16(17)18/h3-8,16H,1-2H3,(H,19,20). The molecule has 0 aliphatic rings. The zero-order valence-corrected chi connectivity index (χ0v) is 12.4. The molecule has 0 heterocycles. The van der Waals surface area contributed by atoms with Crippen LogP contribution in [0.3, 0.4) is 0 Å². The van der Waals surface area contributed by atoms with E-state index in [1.807, 2.05) is 13.0 Å². The molecule has 110 valence electrons. The Labute approximate surface area is 125 Å². The Morgan fingerprint density at radius 1 is 1.10 bits per heavy atom. The number of aromatic carboxylic acids is 1. The smallest absolute Gasteiger partial charge is 0.335 e. The van der Waals surface area contributed by atoms with Crippen molar-refractivity contribution in [2.75, 3.05) is 0 Å². The van der Waals surface area contributed by atoms with E-state index in [9.17, 15) is 18.7 Å². The molecule has 0 radical (unpaired) electrons. The summed E-state index contributed by atoms with van der Waals surface area (Å²) < 4.78 is 24.6. The number of carboxylic acid groups (broad SMARTS) is 1. The molecule has 0 bridgehead atoms. The highest BCUT2D eigenvalue weighted by Crippen LogP contribution is 2.30. The van der Waals surface area contributed by atoms with Crippen LogP contribution >= 0.6 is 11.8 Å². The maximum atomic E-state index is 12.3. The van der Waals surface area contributed by atoms with E-state index >= 15 is 0 Å². The van der Waals surface area contributed by atoms with Crippen molar-refractivity contribution in [2.45, 2.75) is 24.5 Å². The van der Waals surface area contributed by atoms with Gasteiger partial charge >= 0.3 is 5.97 Å². The number of thioether (sulfide) groups is 1. The molecule has 0 atom stereocenters. The Hall–Kier alpha value is -1.88. The second kappa shape index (κ2) is 6.26. The lowest BCUT2D eigenvalue weighted by molar-refractivity contribution is 0.0696. The molecule has 0 spiro atoms. The Balaban J connectivity index is 2.42. The molecule has 0 fully saturated rings. The summed E-state index contributed by atoms with van der Waals surface area (Å²) >= 11 is 0.490. The van der Waals surface area contributed by atoms with Gasteiger partial charge in [-0.1, -0.05) is 30.0 Å². The number of carbonyl (C=O) groups is 1. The van der Waals surface area contributed by atoms with Crippen LogP contribution < -0.4 is 0 Å². The Morgan fingerprint density at radius 2 is 1.71 bits per heavy atom. The quantitative estimate of drug-likeness (QED) is 0.809. The summed E-state index contributed by atoms with van der Waals surface area (Å²) in [5.41, 5.74) is 3.52. The molecule has 0 aliphatic heterocycles. The minimum atomic E-state index is -2.45. The number of carboxylic acids is 1. The first kappa shape index (κ1) is 15.5. The lowest BCUT2D eigenvalue weighted by Crippen LogP contribution is -2.01. The van der Waals surface area contributed by atoms with Gasteiger partial charge in [-0.25, -0.2) is 4.79 Å². The van der Waals surface area contributed by atoms with Crippen LogP contribution in [0.5, 0.6) is 0 Å². The third-order valence-corrected chi connectivity index (χ3v) is 3.91. The summed E-state index contributed by atoms with van der Waals surface area (Å²) in [6.45, 7) is 3.65. The molecule has 0 saturated heterocycles. The van der Waals surface area contributed by atoms with E-state index < -0.39 is 11.7 Å². The van der Waals surface area contributed by atoms with Gasteiger partial charge in [-0.15, -0.1) is 0 Å². The molecule has 0 saturated carbocycles. The molecular weight excluding hydrogens is 294 g/mol. The molecule has 0 unspecified atom stereocenters. The monoisotopic (exact) mass is 308 g/mol. The summed E-state index contributed by atoms with van der Waals surface area (Å²) in [7, 11) is 0. The summed E-state index contributed by atoms with van der Waals surface area (Å²) in [5.74, 6) is -3.42. The van der Waals surface area contributed by atoms with Gasteiger partial charge in [0.2, 0.25) is 0 Å². The molecule has 0 amide bonds. The number of benzene rings is 2. The van der Waals surface area contributed by atoms with Crippen molar-refractivity contribution in [2.24, 2.45) is 0 Å². The zero-order valence-electron chi connectivity index (χ0n) is 11.6. The molecule has 21 heavy (non-hydrogen) atoms. The van der Waals surface area contributed by atoms with E-state index in [2.05, 4.69) is 0 Å². The third kappa shape index (κ3) is 3.61. The van der Waals surface area contributed by atoms with E-state index in [1.54, 1.807) is 37.3 Å². The fourth-order valence-electron chi connectivity index (χ4n) is 2.21. The number of hydrogen-bond acceptors (Lipinski definition) is 2. The van der Waals surface area contributed by atoms with Gasteiger partial charge in [0.05, 0.1) is 5.56 Å². The predicted molar refractivity (Wildman–Crippen MR) is 80.2 cm³/mol. The van der Waals surface area contributed by atoms with Gasteiger partial charge in [-0.3, -0.25) is 0 Å². The highest BCUT2D eigenvalue weighted by molar-refractivity contribution is 7.99. The van der Waals surface area contributed by atoms with E-state index in [0.717, 1.165) is 16.7 Å². The molecule has 1 N–H and O–H groups in total. The largest absolute Gasteiger partial charge is 0.478 e. The minimum absolute atomic E-state index is 0.252. The lowest BCUT2D eigenvalue weighted by Gasteiger charge is -2.11. The Kier molecular flexibility index (Phi) is 4.63. The van der Waals surface area contributed by atoms with Gasteiger partial charge in [0.15, 0.2) is 0 Å². The molecule has 2 aromatic rings. The topological polar surface area (TPSA) is 37.3 Å². The lowest BCUT2D eigenvalue weighted by atomic mass is 9.95. The fraction of sp³-hybridized carbons (Fsp3) is 0.188. The van der Waals surface area contributed by atoms with Gasteiger partial charge in [0.1, 0.15) is 0 Å². The average molecular weight is 308 g/mol. The van der Waals surface area contributed by atoms with Crippen molar-refractivity contribution >= 4 is 17.7 Å². The third-order valence-electron chi connectivity index (χ3n) is 3.19. The van der Waals surface area contributed by atoms with Crippen LogP contribution in [-0.2, 0) is 0 Å². The van der Waals surface area contributed by atoms with Gasteiger partial charge in [0, 0.05) is 4.90 Å². The number of rotatable bonds is 4. The van der Waals surface area contributed by atoms with E-state index in [0.29, 0.717) is 22.2 Å². The van der Waals surface area contributed by atoms with Crippen molar-refractivity contribution in [3.8, 4) is 11.1 Å². The number of aryl methyl sites for hydroxylation is 2. The van der Waals surface area contributed by atoms with Gasteiger partial charge in [0.25, 0.3) is 5.76 Å². The normalized spacial score (nSPS) is 10.9. The van der Waals surface area contributed by atoms with Crippen LogP contribution in [-0.4, -0.2) is 16.8 Å². The highest BCUT2D eigenvalue weighted by Gasteiger charge is 2.12. The summed E-state index contributed by atoms with van der Waals surface area (Å²) in [6.07, 6.45) is 0. The van der Waals surface area contributed by atoms with Gasteiger partial charge < -0.3 is 5.11 Å². The molecule has 2 aromatic carbocycles. The second-order valence-corrected chi connectivity index (χ2v) is 5.75. The Bertz CT molecular complexity index is 667. The second-order valence-electron chi connectivity index (χ2n) is 4.69. The average Bonchev–Trinajstić information content (AvgIpc) is 2.39. The zero-order chi connectivity index (χ0) is 15.6. The fourth-order valence-corrected chi connectivity index (χ4v) is 2.71. The van der Waals surface area contributed by atoms with Crippen LogP contribution in [0.4, 0.5) is 8.78 Å². The SMILES string of the molecule is Cc1cc(C)c(-c2ccc(SC(F)F)cc2)cc1C(=O)O. The van der Waals surface area contributed by atoms with Gasteiger partial charge in [-0.05, 0) is 54.3 Å². The number of hydrogen-bond donors (Lipinski definition) is 1. The van der Waals surface area contributed by atoms with Crippen molar-refractivity contribution in [3.63, 3.8) is 0 Å². The predicted octanol–water partition coefficient (Wildman–Crippen LogP) is 4.98. The van der Waals surface area contributed by atoms with Crippen molar-refractivity contribution in [3.05, 3.63) is 53.1 Å². The summed E-state index contributed by atoms with van der Waals surface area (Å²) in [5, 5.41) is 9.18. The van der Waals surface area contributed by atoms with E-state index in [1.165, 1.54) is 0 Å². The molecular formula is C16H14F2O2S. The van der Waals surface area contributed by atoms with Crippen LogP contribution in [0.15, 0.2) is 41.3 Å². The molecule has 2 nitrogen and oxygen atoms in total. The maximum Gasteiger partial charge on any atom is 0.335 e. The van der Waals surface area contributed by atoms with E-state index in [-0.39, 0.29) is 5.56 Å². The minimum Gasteiger partial charge on any atom is -0.478 e. The maximum absolute atomic E-state index is 12.3. The summed E-state index contributed by atoms with van der Waals surface area (Å²) in [4.78, 5) is 11.7. The van der Waals surface area contributed by atoms with Crippen LogP contribution in [0, 0.1) is 13.8 Å². The summed E-state index contributed by atoms with van der Waals surface area (Å²) in [6, 6.07) is 10.1. The van der Waals surface area contributed by atoms with Crippen molar-refractivity contribution < 1.29 is 18.7 Å². The Morgan fingerprint density at radius 3 is 2.24 bits per heavy atom. The number of alkyl halides is 2. The number of halogens is 2. The first-order valence-electron chi connectivity index (χ1n) is 6.28. The van der Waals surface area contributed by atoms with Crippen molar-refractivity contribution in [1.82, 2.24) is 0 Å². The van der Waals surface area contributed by atoms with Gasteiger partial charge in [-0.2, -0.15) is 8.78 Å².